The van der Waals surface area contributed by atoms with Gasteiger partial charge in [-0.1, -0.05) is 12.2 Å². The zero-order chi connectivity index (χ0) is 13.8. The van der Waals surface area contributed by atoms with Crippen molar-refractivity contribution in [2.75, 3.05) is 24.6 Å². The average Bonchev–Trinajstić information content (AvgIpc) is 2.38. The van der Waals surface area contributed by atoms with Gasteiger partial charge in [0.15, 0.2) is 0 Å². The maximum atomic E-state index is 9.07. The maximum Gasteiger partial charge on any atom is 0.129 e. The van der Waals surface area contributed by atoms with Crippen molar-refractivity contribution in [3.63, 3.8) is 0 Å². The molecule has 0 radical (unpaired) electrons. The number of piperidine rings is 1. The molecule has 4 nitrogen and oxygen atoms in total. The molecule has 1 aliphatic heterocycles. The summed E-state index contributed by atoms with van der Waals surface area (Å²) >= 11 is 5.05. The molecule has 104 valence electrons. The van der Waals surface area contributed by atoms with Crippen molar-refractivity contribution in [2.45, 2.75) is 26.2 Å². The van der Waals surface area contributed by atoms with E-state index in [1.165, 1.54) is 6.42 Å². The molecular weight excluding hydrogens is 258 g/mol. The highest BCUT2D eigenvalue weighted by Crippen LogP contribution is 2.24. The van der Waals surface area contributed by atoms with Crippen LogP contribution in [0, 0.1) is 12.8 Å². The third kappa shape index (κ3) is 3.64. The van der Waals surface area contributed by atoms with Crippen molar-refractivity contribution in [1.29, 1.82) is 0 Å². The molecular formula is C14H21N3OS. The Kier molecular flexibility index (Phi) is 4.71. The molecule has 0 aliphatic carbocycles. The fraction of sp³-hybridized carbons (Fsp3) is 0.571. The lowest BCUT2D eigenvalue weighted by molar-refractivity contribution is 0.244. The number of aromatic nitrogens is 1. The normalized spacial score (nSPS) is 19.5. The average molecular weight is 279 g/mol. The first kappa shape index (κ1) is 14.2. The molecule has 1 atom stereocenters. The molecule has 1 unspecified atom stereocenters. The third-order valence-corrected chi connectivity index (χ3v) is 3.84. The summed E-state index contributed by atoms with van der Waals surface area (Å²) in [5, 5.41) is 9.07. The highest BCUT2D eigenvalue weighted by atomic mass is 32.1. The Labute approximate surface area is 119 Å². The monoisotopic (exact) mass is 279 g/mol. The number of nitrogens with two attached hydrogens (primary N) is 1. The van der Waals surface area contributed by atoms with Crippen LogP contribution in [0.25, 0.3) is 0 Å². The molecule has 5 heteroatoms. The quantitative estimate of drug-likeness (QED) is 0.820. The minimum Gasteiger partial charge on any atom is -0.396 e. The number of hydrogen-bond donors (Lipinski definition) is 2. The number of anilines is 1. The van der Waals surface area contributed by atoms with Gasteiger partial charge < -0.3 is 15.7 Å². The van der Waals surface area contributed by atoms with Gasteiger partial charge in [-0.05, 0) is 44.2 Å². The SMILES string of the molecule is Cc1cc(C(N)=S)cc(N2CCCC(CCO)C2)n1. The Morgan fingerprint density at radius 3 is 3.05 bits per heavy atom. The smallest absolute Gasteiger partial charge is 0.129 e. The minimum absolute atomic E-state index is 0.262. The predicted octanol–water partition coefficient (Wildman–Crippen LogP) is 1.62. The topological polar surface area (TPSA) is 62.4 Å². The van der Waals surface area contributed by atoms with Gasteiger partial charge in [0.25, 0.3) is 0 Å². The molecule has 3 N–H and O–H groups in total. The molecule has 19 heavy (non-hydrogen) atoms. The number of aliphatic hydroxyl groups excluding tert-OH is 1. The van der Waals surface area contributed by atoms with E-state index in [2.05, 4.69) is 9.88 Å². The Morgan fingerprint density at radius 1 is 1.58 bits per heavy atom. The molecule has 1 aliphatic rings. The number of thiocarbonyl (C=S) groups is 1. The van der Waals surface area contributed by atoms with Crippen LogP contribution in [-0.2, 0) is 0 Å². The molecule has 0 spiro atoms. The van der Waals surface area contributed by atoms with Crippen LogP contribution in [0.5, 0.6) is 0 Å². The van der Waals surface area contributed by atoms with E-state index in [0.29, 0.717) is 10.9 Å². The zero-order valence-corrected chi connectivity index (χ0v) is 12.1. The Hall–Kier alpha value is -1.20. The van der Waals surface area contributed by atoms with Crippen molar-refractivity contribution in [1.82, 2.24) is 4.98 Å². The second-order valence-electron chi connectivity index (χ2n) is 5.19. The van der Waals surface area contributed by atoms with Crippen LogP contribution in [0.4, 0.5) is 5.82 Å². The van der Waals surface area contributed by atoms with Gasteiger partial charge in [0.05, 0.1) is 0 Å². The van der Waals surface area contributed by atoms with Crippen LogP contribution in [0.15, 0.2) is 12.1 Å². The summed E-state index contributed by atoms with van der Waals surface area (Å²) < 4.78 is 0. The van der Waals surface area contributed by atoms with Crippen LogP contribution in [-0.4, -0.2) is 34.8 Å². The molecule has 0 bridgehead atoms. The summed E-state index contributed by atoms with van der Waals surface area (Å²) in [4.78, 5) is 7.27. The van der Waals surface area contributed by atoms with E-state index in [1.54, 1.807) is 0 Å². The first-order valence-corrected chi connectivity index (χ1v) is 7.15. The third-order valence-electron chi connectivity index (χ3n) is 3.60. The van der Waals surface area contributed by atoms with Crippen LogP contribution in [0.3, 0.4) is 0 Å². The first-order valence-electron chi connectivity index (χ1n) is 6.74. The standard InChI is InChI=1S/C14H21N3OS/c1-10-7-12(14(15)19)8-13(16-10)17-5-2-3-11(9-17)4-6-18/h7-8,11,18H,2-6,9H2,1H3,(H2,15,19). The second kappa shape index (κ2) is 6.30. The van der Waals surface area contributed by atoms with Gasteiger partial charge in [-0.15, -0.1) is 0 Å². The second-order valence-corrected chi connectivity index (χ2v) is 5.63. The summed E-state index contributed by atoms with van der Waals surface area (Å²) in [7, 11) is 0. The summed E-state index contributed by atoms with van der Waals surface area (Å²) in [6, 6.07) is 3.89. The van der Waals surface area contributed by atoms with E-state index >= 15 is 0 Å². The Morgan fingerprint density at radius 2 is 2.37 bits per heavy atom. The van der Waals surface area contributed by atoms with Gasteiger partial charge >= 0.3 is 0 Å². The summed E-state index contributed by atoms with van der Waals surface area (Å²) in [5.74, 6) is 1.50. The molecule has 0 amide bonds. The zero-order valence-electron chi connectivity index (χ0n) is 11.3. The van der Waals surface area contributed by atoms with Gasteiger partial charge in [0, 0.05) is 31.0 Å². The lowest BCUT2D eigenvalue weighted by Gasteiger charge is -2.33. The number of aryl methyl sites for hydroxylation is 1. The summed E-state index contributed by atoms with van der Waals surface area (Å²) in [6.45, 7) is 4.18. The van der Waals surface area contributed by atoms with Crippen molar-refractivity contribution in [2.24, 2.45) is 11.7 Å². The lowest BCUT2D eigenvalue weighted by atomic mass is 9.95. The molecule has 0 aromatic carbocycles. The van der Waals surface area contributed by atoms with E-state index in [-0.39, 0.29) is 6.61 Å². The largest absolute Gasteiger partial charge is 0.396 e. The van der Waals surface area contributed by atoms with E-state index in [1.807, 2.05) is 19.1 Å². The molecule has 2 heterocycles. The minimum atomic E-state index is 0.262. The Balaban J connectivity index is 2.18. The first-order chi connectivity index (χ1) is 9.10. The molecule has 1 aromatic rings. The highest BCUT2D eigenvalue weighted by Gasteiger charge is 2.21. The van der Waals surface area contributed by atoms with Crippen LogP contribution in [0.2, 0.25) is 0 Å². The van der Waals surface area contributed by atoms with Crippen LogP contribution in [0.1, 0.15) is 30.5 Å². The van der Waals surface area contributed by atoms with Gasteiger partial charge in [0.1, 0.15) is 10.8 Å². The summed E-state index contributed by atoms with van der Waals surface area (Å²) in [5.41, 5.74) is 7.52. The number of pyridine rings is 1. The molecule has 0 saturated carbocycles. The number of aliphatic hydroxyl groups is 1. The van der Waals surface area contributed by atoms with Crippen molar-refractivity contribution < 1.29 is 5.11 Å². The van der Waals surface area contributed by atoms with Crippen LogP contribution >= 0.6 is 12.2 Å². The van der Waals surface area contributed by atoms with E-state index in [4.69, 9.17) is 23.1 Å². The maximum absolute atomic E-state index is 9.07. The number of hydrogen-bond acceptors (Lipinski definition) is 4. The van der Waals surface area contributed by atoms with Gasteiger partial charge in [-0.2, -0.15) is 0 Å². The number of rotatable bonds is 4. The molecule has 1 saturated heterocycles. The van der Waals surface area contributed by atoms with Gasteiger partial charge in [-0.25, -0.2) is 4.98 Å². The van der Waals surface area contributed by atoms with Crippen LogP contribution < -0.4 is 10.6 Å². The Bertz CT molecular complexity index is 462. The van der Waals surface area contributed by atoms with Crippen molar-refractivity contribution in [3.05, 3.63) is 23.4 Å². The highest BCUT2D eigenvalue weighted by molar-refractivity contribution is 7.80. The molecule has 1 fully saturated rings. The van der Waals surface area contributed by atoms with Crippen molar-refractivity contribution in [3.8, 4) is 0 Å². The van der Waals surface area contributed by atoms with Crippen molar-refractivity contribution >= 4 is 23.0 Å². The van der Waals surface area contributed by atoms with Gasteiger partial charge in [0.2, 0.25) is 0 Å². The predicted molar refractivity (Wildman–Crippen MR) is 81.5 cm³/mol. The van der Waals surface area contributed by atoms with E-state index in [0.717, 1.165) is 43.0 Å². The molecule has 1 aromatic heterocycles. The van der Waals surface area contributed by atoms with E-state index < -0.39 is 0 Å². The summed E-state index contributed by atoms with van der Waals surface area (Å²) in [6.07, 6.45) is 3.19. The fourth-order valence-corrected chi connectivity index (χ4v) is 2.76. The van der Waals surface area contributed by atoms with Gasteiger partial charge in [-0.3, -0.25) is 0 Å². The number of nitrogens with zero attached hydrogens (tertiary/aromatic N) is 2. The molecule has 2 rings (SSSR count). The lowest BCUT2D eigenvalue weighted by Crippen LogP contribution is -2.36. The van der Waals surface area contributed by atoms with E-state index in [9.17, 15) is 0 Å². The fourth-order valence-electron chi connectivity index (χ4n) is 2.65.